The van der Waals surface area contributed by atoms with Crippen LogP contribution in [0.4, 0.5) is 0 Å². The lowest BCUT2D eigenvalue weighted by atomic mass is 9.92. The Kier molecular flexibility index (Phi) is 3.49. The van der Waals surface area contributed by atoms with E-state index in [4.69, 9.17) is 4.74 Å². The van der Waals surface area contributed by atoms with Crippen molar-refractivity contribution in [1.82, 2.24) is 0 Å². The van der Waals surface area contributed by atoms with E-state index in [1.807, 2.05) is 0 Å². The van der Waals surface area contributed by atoms with Crippen LogP contribution in [0.3, 0.4) is 0 Å². The van der Waals surface area contributed by atoms with Crippen molar-refractivity contribution in [2.45, 2.75) is 13.0 Å². The summed E-state index contributed by atoms with van der Waals surface area (Å²) in [6.07, 6.45) is 1.07. The molecular weight excluding hydrogens is 318 g/mol. The van der Waals surface area contributed by atoms with E-state index in [0.29, 0.717) is 0 Å². The molecule has 0 bridgehead atoms. The number of aromatic nitrogens is 1. The third-order valence-corrected chi connectivity index (χ3v) is 5.34. The van der Waals surface area contributed by atoms with Gasteiger partial charge in [-0.1, -0.05) is 48.5 Å². The Bertz CT molecular complexity index is 1120. The fourth-order valence-electron chi connectivity index (χ4n) is 4.06. The minimum absolute atomic E-state index is 0.895. The Morgan fingerprint density at radius 1 is 0.808 bits per heavy atom. The summed E-state index contributed by atoms with van der Waals surface area (Å²) in [5.41, 5.74) is 7.81. The van der Waals surface area contributed by atoms with Gasteiger partial charge in [0, 0.05) is 29.7 Å². The highest BCUT2D eigenvalue weighted by Crippen LogP contribution is 2.35. The molecule has 2 heteroatoms. The molecule has 0 saturated carbocycles. The maximum absolute atomic E-state index is 5.50. The monoisotopic (exact) mass is 338 g/mol. The van der Waals surface area contributed by atoms with Crippen LogP contribution in [-0.4, -0.2) is 7.11 Å². The molecule has 4 aromatic rings. The zero-order chi connectivity index (χ0) is 17.5. The number of pyridine rings is 1. The molecule has 1 aromatic heterocycles. The summed E-state index contributed by atoms with van der Waals surface area (Å²) >= 11 is 0. The second-order valence-corrected chi connectivity index (χ2v) is 6.75. The number of hydrogen-bond donors (Lipinski definition) is 0. The largest absolute Gasteiger partial charge is 0.497 e. The Morgan fingerprint density at radius 3 is 2.46 bits per heavy atom. The molecule has 2 nitrogen and oxygen atoms in total. The van der Waals surface area contributed by atoms with Gasteiger partial charge in [-0.3, -0.25) is 0 Å². The van der Waals surface area contributed by atoms with Gasteiger partial charge in [-0.25, -0.2) is 0 Å². The van der Waals surface area contributed by atoms with Gasteiger partial charge >= 0.3 is 0 Å². The number of benzene rings is 3. The van der Waals surface area contributed by atoms with Crippen LogP contribution >= 0.6 is 0 Å². The van der Waals surface area contributed by atoms with Crippen LogP contribution in [0.2, 0.25) is 0 Å². The van der Waals surface area contributed by atoms with Crippen molar-refractivity contribution in [2.24, 2.45) is 0 Å². The third-order valence-electron chi connectivity index (χ3n) is 5.34. The fraction of sp³-hybridized carbons (Fsp3) is 0.125. The minimum Gasteiger partial charge on any atom is -0.497 e. The first-order valence-corrected chi connectivity index (χ1v) is 9.03. The summed E-state index contributed by atoms with van der Waals surface area (Å²) in [7, 11) is 1.73. The van der Waals surface area contributed by atoms with Crippen molar-refractivity contribution in [3.63, 3.8) is 0 Å². The third kappa shape index (κ3) is 2.30. The number of aryl methyl sites for hydroxylation is 2. The second-order valence-electron chi connectivity index (χ2n) is 6.75. The SMILES string of the molecule is COc1ccc2c(c1)c(-c1ccccc1)cc1[n+]2CCc2ccccc2-1. The van der Waals surface area contributed by atoms with Gasteiger partial charge < -0.3 is 4.74 Å². The number of nitrogens with zero attached hydrogens (tertiary/aromatic N) is 1. The zero-order valence-corrected chi connectivity index (χ0v) is 14.8. The van der Waals surface area contributed by atoms with E-state index in [1.165, 1.54) is 38.9 Å². The molecule has 1 aliphatic rings. The Hall–Kier alpha value is -3.13. The van der Waals surface area contributed by atoms with Crippen molar-refractivity contribution >= 4 is 10.9 Å². The lowest BCUT2D eigenvalue weighted by molar-refractivity contribution is -0.661. The highest BCUT2D eigenvalue weighted by Gasteiger charge is 2.27. The van der Waals surface area contributed by atoms with E-state index < -0.39 is 0 Å². The molecule has 5 rings (SSSR count). The topological polar surface area (TPSA) is 13.1 Å². The van der Waals surface area contributed by atoms with Gasteiger partial charge in [-0.15, -0.1) is 0 Å². The number of methoxy groups -OCH3 is 1. The van der Waals surface area contributed by atoms with Crippen LogP contribution in [0.1, 0.15) is 5.56 Å². The summed E-state index contributed by atoms with van der Waals surface area (Å²) in [6, 6.07) is 28.1. The molecule has 0 saturated heterocycles. The van der Waals surface area contributed by atoms with Gasteiger partial charge in [-0.05, 0) is 29.3 Å². The second kappa shape index (κ2) is 5.99. The average Bonchev–Trinajstić information content (AvgIpc) is 2.73. The van der Waals surface area contributed by atoms with E-state index in [0.717, 1.165) is 18.7 Å². The van der Waals surface area contributed by atoms with E-state index in [-0.39, 0.29) is 0 Å². The van der Waals surface area contributed by atoms with Crippen LogP contribution in [-0.2, 0) is 13.0 Å². The minimum atomic E-state index is 0.895. The van der Waals surface area contributed by atoms with Crippen LogP contribution < -0.4 is 9.30 Å². The molecule has 0 radical (unpaired) electrons. The number of fused-ring (bicyclic) bond motifs is 5. The summed E-state index contributed by atoms with van der Waals surface area (Å²) in [4.78, 5) is 0. The molecule has 3 aromatic carbocycles. The average molecular weight is 338 g/mol. The first-order chi connectivity index (χ1) is 12.8. The molecule has 0 unspecified atom stereocenters. The highest BCUT2D eigenvalue weighted by molar-refractivity contribution is 5.95. The fourth-order valence-corrected chi connectivity index (χ4v) is 4.06. The standard InChI is InChI=1S/C24H20NO/c1-26-19-11-12-23-22(15-19)21(17-7-3-2-4-8-17)16-24-20-10-6-5-9-18(20)13-14-25(23)24/h2-12,15-16H,13-14H2,1H3/q+1. The normalized spacial score (nSPS) is 12.5. The lowest BCUT2D eigenvalue weighted by Crippen LogP contribution is -2.41. The van der Waals surface area contributed by atoms with Crippen molar-refractivity contribution < 1.29 is 9.30 Å². The van der Waals surface area contributed by atoms with E-state index in [2.05, 4.69) is 83.4 Å². The molecule has 0 fully saturated rings. The van der Waals surface area contributed by atoms with Gasteiger partial charge in [0.1, 0.15) is 5.75 Å². The Morgan fingerprint density at radius 2 is 1.62 bits per heavy atom. The number of rotatable bonds is 2. The van der Waals surface area contributed by atoms with Crippen molar-refractivity contribution in [3.8, 4) is 28.1 Å². The van der Waals surface area contributed by atoms with Crippen LogP contribution in [0.5, 0.6) is 5.75 Å². The predicted molar refractivity (Wildman–Crippen MR) is 105 cm³/mol. The van der Waals surface area contributed by atoms with E-state index >= 15 is 0 Å². The summed E-state index contributed by atoms with van der Waals surface area (Å²) in [5.74, 6) is 0.895. The van der Waals surface area contributed by atoms with Gasteiger partial charge in [0.15, 0.2) is 6.54 Å². The predicted octanol–water partition coefficient (Wildman–Crippen LogP) is 5.03. The summed E-state index contributed by atoms with van der Waals surface area (Å²) < 4.78 is 7.95. The first-order valence-electron chi connectivity index (χ1n) is 9.03. The Labute approximate surface area is 153 Å². The first kappa shape index (κ1) is 15.2. The van der Waals surface area contributed by atoms with Crippen molar-refractivity contribution in [3.05, 3.63) is 84.4 Å². The molecule has 0 atom stereocenters. The molecule has 0 amide bonds. The van der Waals surface area contributed by atoms with E-state index in [1.54, 1.807) is 7.11 Å². The summed E-state index contributed by atoms with van der Waals surface area (Å²) in [5, 5.41) is 1.23. The smallest absolute Gasteiger partial charge is 0.213 e. The molecule has 0 N–H and O–H groups in total. The maximum Gasteiger partial charge on any atom is 0.213 e. The quantitative estimate of drug-likeness (QED) is 0.467. The number of hydrogen-bond acceptors (Lipinski definition) is 1. The molecule has 0 spiro atoms. The molecule has 2 heterocycles. The van der Waals surface area contributed by atoms with Crippen molar-refractivity contribution in [2.75, 3.05) is 7.11 Å². The highest BCUT2D eigenvalue weighted by atomic mass is 16.5. The van der Waals surface area contributed by atoms with Crippen LogP contribution in [0.15, 0.2) is 78.9 Å². The summed E-state index contributed by atoms with van der Waals surface area (Å²) in [6.45, 7) is 1.00. The lowest BCUT2D eigenvalue weighted by Gasteiger charge is -2.18. The Balaban J connectivity index is 1.89. The molecular formula is C24H20NO+. The van der Waals surface area contributed by atoms with Gasteiger partial charge in [0.05, 0.1) is 12.5 Å². The van der Waals surface area contributed by atoms with Crippen LogP contribution in [0, 0.1) is 0 Å². The molecule has 126 valence electrons. The molecule has 0 aliphatic carbocycles. The van der Waals surface area contributed by atoms with Gasteiger partial charge in [0.2, 0.25) is 11.2 Å². The van der Waals surface area contributed by atoms with Gasteiger partial charge in [-0.2, -0.15) is 4.57 Å². The van der Waals surface area contributed by atoms with E-state index in [9.17, 15) is 0 Å². The zero-order valence-electron chi connectivity index (χ0n) is 14.8. The van der Waals surface area contributed by atoms with Gasteiger partial charge in [0.25, 0.3) is 0 Å². The maximum atomic E-state index is 5.50. The van der Waals surface area contributed by atoms with Crippen molar-refractivity contribution in [1.29, 1.82) is 0 Å². The number of ether oxygens (including phenoxy) is 1. The van der Waals surface area contributed by atoms with Crippen LogP contribution in [0.25, 0.3) is 33.3 Å². The molecule has 1 aliphatic heterocycles. The molecule has 26 heavy (non-hydrogen) atoms.